The number of carbonyl (C=O) groups excluding carboxylic acids is 1. The zero-order valence-electron chi connectivity index (χ0n) is 10.4. The Labute approximate surface area is 120 Å². The standard InChI is InChI=1S/C13H16BrClFNO/c1-13(2,3-4-15)8-17-12(18)9-5-10(14)7-11(16)6-9/h5-7H,3-4,8H2,1-2H3,(H,17,18). The molecule has 0 unspecified atom stereocenters. The van der Waals surface area contributed by atoms with Gasteiger partial charge in [-0.2, -0.15) is 0 Å². The van der Waals surface area contributed by atoms with Crippen molar-refractivity contribution in [1.29, 1.82) is 0 Å². The van der Waals surface area contributed by atoms with Crippen LogP contribution in [0.4, 0.5) is 4.39 Å². The number of nitrogens with one attached hydrogen (secondary N) is 1. The van der Waals surface area contributed by atoms with E-state index in [0.717, 1.165) is 6.42 Å². The summed E-state index contributed by atoms with van der Waals surface area (Å²) in [5, 5.41) is 2.79. The number of alkyl halides is 1. The predicted octanol–water partition coefficient (Wildman–Crippen LogP) is 3.97. The Bertz CT molecular complexity index is 417. The molecule has 0 spiro atoms. The molecule has 0 heterocycles. The first kappa shape index (κ1) is 15.4. The van der Waals surface area contributed by atoms with Crippen LogP contribution in [0.5, 0.6) is 0 Å². The van der Waals surface area contributed by atoms with Crippen LogP contribution in [0.25, 0.3) is 0 Å². The van der Waals surface area contributed by atoms with E-state index in [1.54, 1.807) is 6.07 Å². The molecule has 0 bridgehead atoms. The van der Waals surface area contributed by atoms with Gasteiger partial charge < -0.3 is 5.32 Å². The monoisotopic (exact) mass is 335 g/mol. The Morgan fingerprint density at radius 2 is 2.11 bits per heavy atom. The summed E-state index contributed by atoms with van der Waals surface area (Å²) < 4.78 is 13.7. The zero-order chi connectivity index (χ0) is 13.8. The first-order valence-corrected chi connectivity index (χ1v) is 6.97. The van der Waals surface area contributed by atoms with Crippen LogP contribution in [0.1, 0.15) is 30.6 Å². The van der Waals surface area contributed by atoms with Gasteiger partial charge in [-0.3, -0.25) is 4.79 Å². The van der Waals surface area contributed by atoms with Gasteiger partial charge in [0.15, 0.2) is 0 Å². The highest BCUT2D eigenvalue weighted by atomic mass is 79.9. The van der Waals surface area contributed by atoms with E-state index in [2.05, 4.69) is 21.2 Å². The number of amides is 1. The second-order valence-corrected chi connectivity index (χ2v) is 6.24. The van der Waals surface area contributed by atoms with Crippen molar-refractivity contribution in [3.63, 3.8) is 0 Å². The van der Waals surface area contributed by atoms with Crippen LogP contribution in [0, 0.1) is 11.2 Å². The lowest BCUT2D eigenvalue weighted by molar-refractivity contribution is 0.0935. The lowest BCUT2D eigenvalue weighted by Gasteiger charge is -2.23. The van der Waals surface area contributed by atoms with Crippen LogP contribution in [0.3, 0.4) is 0 Å². The maximum Gasteiger partial charge on any atom is 0.251 e. The van der Waals surface area contributed by atoms with Gasteiger partial charge in [0.05, 0.1) is 0 Å². The fourth-order valence-corrected chi connectivity index (χ4v) is 2.43. The van der Waals surface area contributed by atoms with Gasteiger partial charge in [-0.05, 0) is 30.0 Å². The van der Waals surface area contributed by atoms with Crippen molar-refractivity contribution < 1.29 is 9.18 Å². The van der Waals surface area contributed by atoms with Crippen LogP contribution in [0.2, 0.25) is 0 Å². The second kappa shape index (κ2) is 6.53. The molecule has 0 aliphatic rings. The van der Waals surface area contributed by atoms with Gasteiger partial charge >= 0.3 is 0 Å². The normalized spacial score (nSPS) is 11.4. The van der Waals surface area contributed by atoms with Crippen molar-refractivity contribution >= 4 is 33.4 Å². The minimum Gasteiger partial charge on any atom is -0.351 e. The summed E-state index contributed by atoms with van der Waals surface area (Å²) in [5.74, 6) is -0.165. The molecule has 0 saturated carbocycles. The van der Waals surface area contributed by atoms with Gasteiger partial charge in [0.25, 0.3) is 5.91 Å². The Balaban J connectivity index is 2.66. The van der Waals surface area contributed by atoms with Gasteiger partial charge in [0.2, 0.25) is 0 Å². The van der Waals surface area contributed by atoms with Crippen LogP contribution < -0.4 is 5.32 Å². The zero-order valence-corrected chi connectivity index (χ0v) is 12.7. The summed E-state index contributed by atoms with van der Waals surface area (Å²) in [6, 6.07) is 4.12. The number of hydrogen-bond donors (Lipinski definition) is 1. The number of rotatable bonds is 5. The molecule has 1 rings (SSSR count). The summed E-state index contributed by atoms with van der Waals surface area (Å²) in [5.41, 5.74) is 0.241. The molecular formula is C13H16BrClFNO. The molecule has 1 aromatic carbocycles. The van der Waals surface area contributed by atoms with E-state index in [1.807, 2.05) is 13.8 Å². The summed E-state index contributed by atoms with van der Waals surface area (Å²) in [6.45, 7) is 4.56. The molecule has 2 nitrogen and oxygen atoms in total. The van der Waals surface area contributed by atoms with Crippen LogP contribution >= 0.6 is 27.5 Å². The molecule has 1 N–H and O–H groups in total. The highest BCUT2D eigenvalue weighted by Gasteiger charge is 2.18. The minimum absolute atomic E-state index is 0.0675. The fourth-order valence-electron chi connectivity index (χ4n) is 1.45. The average molecular weight is 337 g/mol. The van der Waals surface area contributed by atoms with Crippen LogP contribution in [-0.2, 0) is 0 Å². The lowest BCUT2D eigenvalue weighted by Crippen LogP contribution is -2.34. The van der Waals surface area contributed by atoms with Gasteiger partial charge in [-0.25, -0.2) is 4.39 Å². The number of benzene rings is 1. The number of halogens is 3. The molecule has 5 heteroatoms. The first-order chi connectivity index (χ1) is 8.34. The van der Waals surface area contributed by atoms with Crippen LogP contribution in [-0.4, -0.2) is 18.3 Å². The first-order valence-electron chi connectivity index (χ1n) is 5.64. The van der Waals surface area contributed by atoms with Crippen molar-refractivity contribution in [2.24, 2.45) is 5.41 Å². The molecule has 0 saturated heterocycles. The summed E-state index contributed by atoms with van der Waals surface area (Å²) >= 11 is 8.85. The third-order valence-electron chi connectivity index (χ3n) is 2.62. The quantitative estimate of drug-likeness (QED) is 0.810. The summed E-state index contributed by atoms with van der Waals surface area (Å²) in [4.78, 5) is 11.9. The molecule has 18 heavy (non-hydrogen) atoms. The summed E-state index contributed by atoms with van der Waals surface area (Å²) in [6.07, 6.45) is 0.807. The van der Waals surface area contributed by atoms with Gasteiger partial charge in [-0.1, -0.05) is 29.8 Å². The molecule has 0 fully saturated rings. The maximum atomic E-state index is 13.2. The molecule has 0 aliphatic carbocycles. The number of carbonyl (C=O) groups is 1. The molecule has 1 aromatic rings. The molecule has 0 aromatic heterocycles. The largest absolute Gasteiger partial charge is 0.351 e. The maximum absolute atomic E-state index is 13.2. The van der Waals surface area contributed by atoms with E-state index < -0.39 is 5.82 Å². The molecule has 1 amide bonds. The highest BCUT2D eigenvalue weighted by molar-refractivity contribution is 9.10. The molecule has 100 valence electrons. The smallest absolute Gasteiger partial charge is 0.251 e. The van der Waals surface area contributed by atoms with Crippen molar-refractivity contribution in [2.75, 3.05) is 12.4 Å². The Morgan fingerprint density at radius 1 is 1.44 bits per heavy atom. The second-order valence-electron chi connectivity index (χ2n) is 4.94. The predicted molar refractivity (Wildman–Crippen MR) is 75.6 cm³/mol. The Kier molecular flexibility index (Phi) is 5.60. The number of hydrogen-bond acceptors (Lipinski definition) is 1. The van der Waals surface area contributed by atoms with Gasteiger partial charge in [-0.15, -0.1) is 11.6 Å². The molecule has 0 radical (unpaired) electrons. The fraction of sp³-hybridized carbons (Fsp3) is 0.462. The highest BCUT2D eigenvalue weighted by Crippen LogP contribution is 2.20. The minimum atomic E-state index is -0.436. The van der Waals surface area contributed by atoms with Crippen molar-refractivity contribution in [3.05, 3.63) is 34.1 Å². The van der Waals surface area contributed by atoms with E-state index in [9.17, 15) is 9.18 Å². The molecule has 0 atom stereocenters. The Morgan fingerprint density at radius 3 is 2.67 bits per heavy atom. The van der Waals surface area contributed by atoms with Crippen LogP contribution in [0.15, 0.2) is 22.7 Å². The van der Waals surface area contributed by atoms with Crippen molar-refractivity contribution in [2.45, 2.75) is 20.3 Å². The van der Waals surface area contributed by atoms with Gasteiger partial charge in [0, 0.05) is 22.5 Å². The third kappa shape index (κ3) is 4.94. The van der Waals surface area contributed by atoms with Crippen molar-refractivity contribution in [1.82, 2.24) is 5.32 Å². The molecule has 0 aliphatic heterocycles. The van der Waals surface area contributed by atoms with E-state index in [-0.39, 0.29) is 11.3 Å². The van der Waals surface area contributed by atoms with E-state index in [0.29, 0.717) is 22.5 Å². The third-order valence-corrected chi connectivity index (χ3v) is 3.27. The average Bonchev–Trinajstić information content (AvgIpc) is 2.24. The Hall–Kier alpha value is -0.610. The van der Waals surface area contributed by atoms with E-state index in [1.165, 1.54) is 12.1 Å². The SMILES string of the molecule is CC(C)(CCCl)CNC(=O)c1cc(F)cc(Br)c1. The van der Waals surface area contributed by atoms with Gasteiger partial charge in [0.1, 0.15) is 5.82 Å². The lowest BCUT2D eigenvalue weighted by atomic mass is 9.90. The van der Waals surface area contributed by atoms with E-state index in [4.69, 9.17) is 11.6 Å². The van der Waals surface area contributed by atoms with Crippen molar-refractivity contribution in [3.8, 4) is 0 Å². The summed E-state index contributed by atoms with van der Waals surface area (Å²) in [7, 11) is 0. The topological polar surface area (TPSA) is 29.1 Å². The molecular weight excluding hydrogens is 321 g/mol. The van der Waals surface area contributed by atoms with E-state index >= 15 is 0 Å².